The zero-order valence-electron chi connectivity index (χ0n) is 10.0. The first-order valence-corrected chi connectivity index (χ1v) is 6.04. The molecule has 2 rings (SSSR count). The Labute approximate surface area is 100 Å². The van der Waals surface area contributed by atoms with Crippen LogP contribution in [0.4, 0.5) is 0 Å². The fourth-order valence-corrected chi connectivity index (χ4v) is 2.33. The molecule has 0 spiro atoms. The van der Waals surface area contributed by atoms with Crippen molar-refractivity contribution >= 4 is 5.97 Å². The Morgan fingerprint density at radius 3 is 3.12 bits per heavy atom. The standard InChI is InChI=1S/C11H18N4O2/c1-2-4-14-5-3-9(6-14)7-15-8-10(11(16)17)12-13-15/h8-9H,2-7H2,1H3,(H,16,17)/t9-/m1/s1. The Morgan fingerprint density at radius 2 is 2.47 bits per heavy atom. The number of hydrogen-bond acceptors (Lipinski definition) is 4. The summed E-state index contributed by atoms with van der Waals surface area (Å²) in [4.78, 5) is 13.1. The Kier molecular flexibility index (Phi) is 3.73. The van der Waals surface area contributed by atoms with Gasteiger partial charge < -0.3 is 10.0 Å². The number of nitrogens with zero attached hydrogens (tertiary/aromatic N) is 4. The van der Waals surface area contributed by atoms with Crippen molar-refractivity contribution in [2.75, 3.05) is 19.6 Å². The fraction of sp³-hybridized carbons (Fsp3) is 0.727. The van der Waals surface area contributed by atoms with E-state index >= 15 is 0 Å². The van der Waals surface area contributed by atoms with Crippen LogP contribution >= 0.6 is 0 Å². The molecule has 17 heavy (non-hydrogen) atoms. The molecule has 1 atom stereocenters. The second kappa shape index (κ2) is 5.27. The van der Waals surface area contributed by atoms with Crippen molar-refractivity contribution in [3.05, 3.63) is 11.9 Å². The predicted octanol–water partition coefficient (Wildman–Crippen LogP) is 0.708. The van der Waals surface area contributed by atoms with Crippen molar-refractivity contribution in [1.29, 1.82) is 0 Å². The molecule has 0 bridgehead atoms. The van der Waals surface area contributed by atoms with Crippen LogP contribution in [0, 0.1) is 5.92 Å². The van der Waals surface area contributed by atoms with Crippen molar-refractivity contribution < 1.29 is 9.90 Å². The lowest BCUT2D eigenvalue weighted by Gasteiger charge is -2.14. The van der Waals surface area contributed by atoms with Crippen molar-refractivity contribution in [1.82, 2.24) is 19.9 Å². The minimum absolute atomic E-state index is 0.0217. The highest BCUT2D eigenvalue weighted by Gasteiger charge is 2.22. The molecule has 0 radical (unpaired) electrons. The first kappa shape index (κ1) is 12.0. The Bertz CT molecular complexity index is 391. The molecule has 0 amide bonds. The van der Waals surface area contributed by atoms with Crippen molar-refractivity contribution in [2.24, 2.45) is 5.92 Å². The largest absolute Gasteiger partial charge is 0.476 e. The number of aromatic nitrogens is 3. The zero-order valence-corrected chi connectivity index (χ0v) is 10.0. The van der Waals surface area contributed by atoms with E-state index in [2.05, 4.69) is 22.1 Å². The molecule has 1 N–H and O–H groups in total. The minimum Gasteiger partial charge on any atom is -0.476 e. The van der Waals surface area contributed by atoms with Crippen LogP contribution in [0.2, 0.25) is 0 Å². The summed E-state index contributed by atoms with van der Waals surface area (Å²) in [6.45, 7) is 6.31. The van der Waals surface area contributed by atoms with E-state index in [1.807, 2.05) is 0 Å². The molecule has 0 aromatic carbocycles. The van der Waals surface area contributed by atoms with Gasteiger partial charge in [0.2, 0.25) is 0 Å². The lowest BCUT2D eigenvalue weighted by Crippen LogP contribution is -2.22. The maximum Gasteiger partial charge on any atom is 0.358 e. The van der Waals surface area contributed by atoms with Crippen LogP contribution < -0.4 is 0 Å². The SMILES string of the molecule is CCCN1CC[C@@H](Cn2cc(C(=O)O)nn2)C1. The van der Waals surface area contributed by atoms with E-state index in [9.17, 15) is 4.79 Å². The second-order valence-corrected chi connectivity index (χ2v) is 4.59. The monoisotopic (exact) mass is 238 g/mol. The van der Waals surface area contributed by atoms with Crippen LogP contribution in [0.3, 0.4) is 0 Å². The van der Waals surface area contributed by atoms with Gasteiger partial charge in [-0.25, -0.2) is 4.79 Å². The van der Waals surface area contributed by atoms with Crippen LogP contribution in [0.15, 0.2) is 6.20 Å². The topological polar surface area (TPSA) is 71.2 Å². The molecule has 1 aromatic rings. The van der Waals surface area contributed by atoms with Gasteiger partial charge in [-0.05, 0) is 31.8 Å². The van der Waals surface area contributed by atoms with E-state index < -0.39 is 5.97 Å². The summed E-state index contributed by atoms with van der Waals surface area (Å²) in [5.41, 5.74) is 0.0217. The van der Waals surface area contributed by atoms with Crippen molar-refractivity contribution in [3.63, 3.8) is 0 Å². The minimum atomic E-state index is -1.02. The van der Waals surface area contributed by atoms with Gasteiger partial charge in [0.15, 0.2) is 5.69 Å². The summed E-state index contributed by atoms with van der Waals surface area (Å²) in [6.07, 6.45) is 3.84. The van der Waals surface area contributed by atoms with Gasteiger partial charge in [-0.1, -0.05) is 12.1 Å². The Morgan fingerprint density at radius 1 is 1.65 bits per heavy atom. The summed E-state index contributed by atoms with van der Waals surface area (Å²) < 4.78 is 1.64. The van der Waals surface area contributed by atoms with Gasteiger partial charge in [0.25, 0.3) is 0 Å². The highest BCUT2D eigenvalue weighted by atomic mass is 16.4. The smallest absolute Gasteiger partial charge is 0.358 e. The molecule has 0 unspecified atom stereocenters. The highest BCUT2D eigenvalue weighted by molar-refractivity contribution is 5.84. The molecule has 6 nitrogen and oxygen atoms in total. The van der Waals surface area contributed by atoms with E-state index in [1.165, 1.54) is 12.6 Å². The van der Waals surface area contributed by atoms with E-state index in [0.29, 0.717) is 5.92 Å². The van der Waals surface area contributed by atoms with Gasteiger partial charge >= 0.3 is 5.97 Å². The van der Waals surface area contributed by atoms with E-state index in [-0.39, 0.29) is 5.69 Å². The number of likely N-dealkylation sites (tertiary alicyclic amines) is 1. The molecular weight excluding hydrogens is 220 g/mol. The van der Waals surface area contributed by atoms with Gasteiger partial charge in [-0.3, -0.25) is 4.68 Å². The summed E-state index contributed by atoms with van der Waals surface area (Å²) in [6, 6.07) is 0. The lowest BCUT2D eigenvalue weighted by molar-refractivity contribution is 0.0690. The van der Waals surface area contributed by atoms with E-state index in [1.54, 1.807) is 4.68 Å². The highest BCUT2D eigenvalue weighted by Crippen LogP contribution is 2.17. The molecule has 1 aliphatic rings. The molecule has 0 saturated carbocycles. The molecule has 94 valence electrons. The second-order valence-electron chi connectivity index (χ2n) is 4.59. The Balaban J connectivity index is 1.87. The molecule has 1 aliphatic heterocycles. The normalized spacial score (nSPS) is 20.9. The van der Waals surface area contributed by atoms with Gasteiger partial charge in [-0.15, -0.1) is 5.10 Å². The molecule has 1 fully saturated rings. The first-order valence-electron chi connectivity index (χ1n) is 6.04. The lowest BCUT2D eigenvalue weighted by atomic mass is 10.1. The fourth-order valence-electron chi connectivity index (χ4n) is 2.33. The van der Waals surface area contributed by atoms with Gasteiger partial charge in [0.1, 0.15) is 0 Å². The molecule has 1 aromatic heterocycles. The van der Waals surface area contributed by atoms with Gasteiger partial charge in [-0.2, -0.15) is 0 Å². The van der Waals surface area contributed by atoms with Gasteiger partial charge in [0, 0.05) is 13.1 Å². The zero-order chi connectivity index (χ0) is 12.3. The maximum absolute atomic E-state index is 10.7. The average molecular weight is 238 g/mol. The Hall–Kier alpha value is -1.43. The molecule has 6 heteroatoms. The first-order chi connectivity index (χ1) is 8.19. The summed E-state index contributed by atoms with van der Waals surface area (Å²) in [5.74, 6) is -0.458. The van der Waals surface area contributed by atoms with Crippen LogP contribution in [0.1, 0.15) is 30.3 Å². The van der Waals surface area contributed by atoms with Crippen LogP contribution in [-0.2, 0) is 6.54 Å². The summed E-state index contributed by atoms with van der Waals surface area (Å²) in [5, 5.41) is 16.2. The predicted molar refractivity (Wildman–Crippen MR) is 61.8 cm³/mol. The van der Waals surface area contributed by atoms with E-state index in [4.69, 9.17) is 5.11 Å². The molecular formula is C11H18N4O2. The maximum atomic E-state index is 10.7. The molecule has 0 aliphatic carbocycles. The molecule has 2 heterocycles. The number of carboxylic acid groups (broad SMARTS) is 1. The van der Waals surface area contributed by atoms with E-state index in [0.717, 1.165) is 32.6 Å². The van der Waals surface area contributed by atoms with Gasteiger partial charge in [0.05, 0.1) is 6.20 Å². The average Bonchev–Trinajstić information content (AvgIpc) is 2.89. The third-order valence-corrected chi connectivity index (χ3v) is 3.11. The molecule has 1 saturated heterocycles. The van der Waals surface area contributed by atoms with Crippen molar-refractivity contribution in [2.45, 2.75) is 26.3 Å². The van der Waals surface area contributed by atoms with Crippen LogP contribution in [0.25, 0.3) is 0 Å². The third kappa shape index (κ3) is 3.03. The summed E-state index contributed by atoms with van der Waals surface area (Å²) >= 11 is 0. The third-order valence-electron chi connectivity index (χ3n) is 3.11. The number of hydrogen-bond donors (Lipinski definition) is 1. The summed E-state index contributed by atoms with van der Waals surface area (Å²) in [7, 11) is 0. The van der Waals surface area contributed by atoms with Crippen molar-refractivity contribution in [3.8, 4) is 0 Å². The quantitative estimate of drug-likeness (QED) is 0.818. The number of rotatable bonds is 5. The van der Waals surface area contributed by atoms with Crippen LogP contribution in [0.5, 0.6) is 0 Å². The number of aromatic carboxylic acids is 1. The number of carbonyl (C=O) groups is 1. The number of carboxylic acids is 1. The van der Waals surface area contributed by atoms with Crippen LogP contribution in [-0.4, -0.2) is 50.6 Å².